The van der Waals surface area contributed by atoms with Crippen LogP contribution in [0.15, 0.2) is 11.3 Å². The van der Waals surface area contributed by atoms with Crippen molar-refractivity contribution in [1.82, 2.24) is 10.3 Å². The third-order valence-corrected chi connectivity index (χ3v) is 2.59. The summed E-state index contributed by atoms with van der Waals surface area (Å²) in [5.74, 6) is 5.18. The number of hydrogen-bond acceptors (Lipinski definition) is 4. The molecule has 1 rings (SSSR count). The molecule has 1 aliphatic rings. The van der Waals surface area contributed by atoms with E-state index < -0.39 is 5.03 Å². The second-order valence-electron chi connectivity index (χ2n) is 2.72. The Hall–Kier alpha value is -0.748. The molecule has 0 radical (unpaired) electrons. The van der Waals surface area contributed by atoms with Gasteiger partial charge in [0.05, 0.1) is 18.1 Å². The van der Waals surface area contributed by atoms with Gasteiger partial charge in [0.25, 0.3) is 16.3 Å². The lowest BCUT2D eigenvalue weighted by Crippen LogP contribution is -2.26. The molecule has 1 unspecified atom stereocenters. The van der Waals surface area contributed by atoms with E-state index in [1.54, 1.807) is 0 Å². The number of nitrogens with one attached hydrogen (secondary N) is 1. The topological polar surface area (TPSA) is 65.1 Å². The average Bonchev–Trinajstić information content (AvgIpc) is 2.47. The summed E-state index contributed by atoms with van der Waals surface area (Å²) in [5, 5.41) is 7.64. The monoisotopic (exact) mass is 184 g/mol. The van der Waals surface area contributed by atoms with Gasteiger partial charge in [0.1, 0.15) is 0 Å². The van der Waals surface area contributed by atoms with Gasteiger partial charge >= 0.3 is 0 Å². The van der Waals surface area contributed by atoms with Gasteiger partial charge in [-0.25, -0.2) is 0 Å². The van der Waals surface area contributed by atoms with Gasteiger partial charge in [0.2, 0.25) is 0 Å². The predicted octanol–water partition coefficient (Wildman–Crippen LogP) is -1.57. The average molecular weight is 184 g/mol. The fourth-order valence-electron chi connectivity index (χ4n) is 1.22. The van der Waals surface area contributed by atoms with Crippen LogP contribution in [0, 0.1) is 11.5 Å². The Bertz CT molecular complexity index is 244. The Morgan fingerprint density at radius 2 is 2.42 bits per heavy atom. The summed E-state index contributed by atoms with van der Waals surface area (Å²) >= 11 is 0.442. The largest absolute Gasteiger partial charge is 0.326 e. The summed E-state index contributed by atoms with van der Waals surface area (Å²) in [6, 6.07) is 0. The zero-order chi connectivity index (χ0) is 9.14. The minimum atomic E-state index is -0.908. The molecule has 0 aliphatic carbocycles. The van der Waals surface area contributed by atoms with Crippen molar-refractivity contribution < 1.29 is 4.39 Å². The zero-order valence-electron chi connectivity index (χ0n) is 6.84. The molecule has 3 N–H and O–H groups in total. The van der Waals surface area contributed by atoms with Crippen molar-refractivity contribution >= 4 is 16.3 Å². The van der Waals surface area contributed by atoms with E-state index in [1.165, 1.54) is 4.90 Å². The van der Waals surface area contributed by atoms with E-state index in [9.17, 15) is 4.39 Å². The van der Waals surface area contributed by atoms with Crippen LogP contribution in [-0.2, 0) is 0 Å². The van der Waals surface area contributed by atoms with Crippen LogP contribution in [0.5, 0.6) is 0 Å². The first-order valence-electron chi connectivity index (χ1n) is 3.66. The predicted molar refractivity (Wildman–Crippen MR) is 45.0 cm³/mol. The third kappa shape index (κ3) is 1.70. The van der Waals surface area contributed by atoms with Crippen molar-refractivity contribution in [3.05, 3.63) is 11.3 Å². The van der Waals surface area contributed by atoms with Gasteiger partial charge in [0, 0.05) is 5.70 Å². The number of hydrogen-bond donors (Lipinski definition) is 2. The summed E-state index contributed by atoms with van der Waals surface area (Å²) in [7, 11) is 0. The molecule has 1 aliphatic heterocycles. The molecule has 1 heterocycles. The molecular formula is C6H10AlFN4. The van der Waals surface area contributed by atoms with Crippen LogP contribution in [0.2, 0.25) is 0 Å². The Kier molecular flexibility index (Phi) is 2.94. The Morgan fingerprint density at radius 3 is 2.75 bits per heavy atom. The van der Waals surface area contributed by atoms with E-state index >= 15 is 0 Å². The standard InChI is InChI=1S/C6H8FN4.Al.2H/c7-1-5-2-11(4-8)3-6(5)10-9;;;/h1,10H,2-3,9H2;;;. The molecule has 6 heteroatoms. The van der Waals surface area contributed by atoms with Crippen LogP contribution in [-0.4, -0.2) is 39.3 Å². The van der Waals surface area contributed by atoms with Crippen LogP contribution in [0.1, 0.15) is 0 Å². The van der Waals surface area contributed by atoms with Crippen LogP contribution < -0.4 is 11.3 Å². The molecule has 0 spiro atoms. The van der Waals surface area contributed by atoms with E-state index in [-0.39, 0.29) is 0 Å². The maximum Gasteiger partial charge on any atom is 0.274 e. The smallest absolute Gasteiger partial charge is 0.274 e. The quantitative estimate of drug-likeness (QED) is 0.235. The highest BCUT2D eigenvalue weighted by atomic mass is 27.0. The van der Waals surface area contributed by atoms with Crippen LogP contribution in [0.4, 0.5) is 4.39 Å². The van der Waals surface area contributed by atoms with Crippen LogP contribution in [0.3, 0.4) is 0 Å². The molecule has 0 aromatic rings. The summed E-state index contributed by atoms with van der Waals surface area (Å²) in [6.45, 7) is 0.783. The summed E-state index contributed by atoms with van der Waals surface area (Å²) in [6.07, 6.45) is 1.96. The Morgan fingerprint density at radius 1 is 1.75 bits per heavy atom. The first-order valence-corrected chi connectivity index (χ1v) is 4.81. The fourth-order valence-corrected chi connectivity index (χ4v) is 1.76. The first-order chi connectivity index (χ1) is 5.69. The van der Waals surface area contributed by atoms with Crippen molar-refractivity contribution in [2.75, 3.05) is 13.1 Å². The molecule has 64 valence electrons. The summed E-state index contributed by atoms with van der Waals surface area (Å²) in [5.41, 5.74) is 3.71. The molecule has 4 nitrogen and oxygen atoms in total. The minimum absolute atomic E-state index is 0.376. The van der Waals surface area contributed by atoms with E-state index in [1.807, 2.05) is 6.19 Å². The van der Waals surface area contributed by atoms with E-state index in [4.69, 9.17) is 11.1 Å². The number of nitrogens with zero attached hydrogens (tertiary/aromatic N) is 2. The van der Waals surface area contributed by atoms with Gasteiger partial charge in [-0.2, -0.15) is 5.26 Å². The number of rotatable bonds is 2. The number of halogens is 1. The number of hydrazine groups is 1. The summed E-state index contributed by atoms with van der Waals surface area (Å²) < 4.78 is 12.9. The maximum absolute atomic E-state index is 12.9. The van der Waals surface area contributed by atoms with Crippen molar-refractivity contribution in [3.8, 4) is 6.19 Å². The number of nitriles is 1. The van der Waals surface area contributed by atoms with Crippen molar-refractivity contribution in [3.63, 3.8) is 0 Å². The van der Waals surface area contributed by atoms with E-state index in [0.717, 1.165) is 0 Å². The lowest BCUT2D eigenvalue weighted by molar-refractivity contribution is 0.447. The third-order valence-electron chi connectivity index (χ3n) is 1.89. The van der Waals surface area contributed by atoms with Gasteiger partial charge in [-0.05, 0) is 5.57 Å². The molecule has 1 atom stereocenters. The second kappa shape index (κ2) is 3.77. The second-order valence-corrected chi connectivity index (χ2v) is 3.73. The number of nitrogens with two attached hydrogens (primary N) is 1. The maximum atomic E-state index is 12.9. The lowest BCUT2D eigenvalue weighted by atomic mass is 10.3. The highest BCUT2D eigenvalue weighted by Gasteiger charge is 2.23. The molecule has 12 heavy (non-hydrogen) atoms. The number of alkyl halides is 1. The highest BCUT2D eigenvalue weighted by Crippen LogP contribution is 2.17. The molecule has 0 aromatic heterocycles. The fraction of sp³-hybridized carbons (Fsp3) is 0.500. The van der Waals surface area contributed by atoms with Gasteiger partial charge in [-0.3, -0.25) is 10.2 Å². The van der Waals surface area contributed by atoms with Gasteiger partial charge < -0.3 is 10.3 Å². The normalized spacial score (nSPS) is 19.2. The summed E-state index contributed by atoms with van der Waals surface area (Å²) in [4.78, 5) is 1.47. The van der Waals surface area contributed by atoms with E-state index in [0.29, 0.717) is 40.6 Å². The molecule has 0 saturated heterocycles. The SMILES string of the molecule is N#CN1CC(NN)=C([CH](F)[AlH2])C1. The van der Waals surface area contributed by atoms with E-state index in [2.05, 4.69) is 5.43 Å². The Labute approximate surface area is 78.2 Å². The van der Waals surface area contributed by atoms with Crippen molar-refractivity contribution in [2.24, 2.45) is 5.84 Å². The molecule has 0 saturated carbocycles. The molecule has 0 bridgehead atoms. The zero-order valence-corrected chi connectivity index (χ0v) is 8.84. The molecular weight excluding hydrogens is 174 g/mol. The molecule has 0 aromatic carbocycles. The first kappa shape index (κ1) is 9.34. The minimum Gasteiger partial charge on any atom is -0.326 e. The Balaban J connectivity index is 2.74. The van der Waals surface area contributed by atoms with Gasteiger partial charge in [0.15, 0.2) is 6.19 Å². The van der Waals surface area contributed by atoms with Crippen molar-refractivity contribution in [2.45, 2.75) is 5.03 Å². The highest BCUT2D eigenvalue weighted by molar-refractivity contribution is 6.13. The molecule has 0 amide bonds. The van der Waals surface area contributed by atoms with Crippen molar-refractivity contribution in [1.29, 1.82) is 5.26 Å². The van der Waals surface area contributed by atoms with Gasteiger partial charge in [-0.15, -0.1) is 0 Å². The van der Waals surface area contributed by atoms with Crippen LogP contribution in [0.25, 0.3) is 0 Å². The molecule has 0 fully saturated rings. The lowest BCUT2D eigenvalue weighted by Gasteiger charge is -2.06. The van der Waals surface area contributed by atoms with Gasteiger partial charge in [-0.1, -0.05) is 0 Å². The van der Waals surface area contributed by atoms with Crippen LogP contribution >= 0.6 is 0 Å².